The number of unbranched alkanes of at least 4 members (excludes halogenated alkanes) is 2. The van der Waals surface area contributed by atoms with Gasteiger partial charge in [0.05, 0.1) is 12.5 Å². The Hall–Kier alpha value is -2.61. The predicted molar refractivity (Wildman–Crippen MR) is 91.0 cm³/mol. The molecule has 0 spiro atoms. The van der Waals surface area contributed by atoms with E-state index in [0.29, 0.717) is 34.8 Å². The zero-order chi connectivity index (χ0) is 18.4. The van der Waals surface area contributed by atoms with Gasteiger partial charge in [-0.1, -0.05) is 38.3 Å². The Balaban J connectivity index is 1.71. The molecule has 1 aromatic carbocycles. The number of nitrogens with zero attached hydrogens (tertiary/aromatic N) is 3. The molecule has 0 saturated carbocycles. The summed E-state index contributed by atoms with van der Waals surface area (Å²) in [5.74, 6) is 1.80. The molecule has 0 aliphatic carbocycles. The van der Waals surface area contributed by atoms with Crippen LogP contribution in [-0.4, -0.2) is 40.0 Å². The van der Waals surface area contributed by atoms with Crippen molar-refractivity contribution in [3.8, 4) is 11.5 Å². The lowest BCUT2D eigenvalue weighted by Crippen LogP contribution is -2.24. The molecule has 2 unspecified atom stereocenters. The van der Waals surface area contributed by atoms with Gasteiger partial charge in [-0.05, 0) is 18.6 Å². The maximum absolute atomic E-state index is 10.7. The van der Waals surface area contributed by atoms with Gasteiger partial charge < -0.3 is 13.9 Å². The van der Waals surface area contributed by atoms with E-state index in [1.165, 1.54) is 0 Å². The smallest absolute Gasteiger partial charge is 0.260 e. The average molecular weight is 361 g/mol. The van der Waals surface area contributed by atoms with Crippen LogP contribution in [0.1, 0.15) is 56.4 Å². The number of hydroxylamine groups is 2. The summed E-state index contributed by atoms with van der Waals surface area (Å²) in [5, 5.41) is 18.3. The van der Waals surface area contributed by atoms with E-state index < -0.39 is 6.10 Å². The molecule has 0 bridgehead atoms. The molecule has 1 aliphatic heterocycles. The van der Waals surface area contributed by atoms with E-state index in [4.69, 9.17) is 13.9 Å². The van der Waals surface area contributed by atoms with Crippen molar-refractivity contribution in [3.05, 3.63) is 36.0 Å². The van der Waals surface area contributed by atoms with Gasteiger partial charge >= 0.3 is 0 Å². The number of fused-ring (bicyclic) bond motifs is 1. The Labute approximate surface area is 151 Å². The zero-order valence-corrected chi connectivity index (χ0v) is 14.7. The number of carbonyl (C=O) groups is 1. The molecule has 0 fully saturated rings. The Bertz CT molecular complexity index is 720. The van der Waals surface area contributed by atoms with Crippen LogP contribution in [0.2, 0.25) is 0 Å². The van der Waals surface area contributed by atoms with Crippen LogP contribution >= 0.6 is 0 Å². The van der Waals surface area contributed by atoms with E-state index in [1.54, 1.807) is 0 Å². The summed E-state index contributed by atoms with van der Waals surface area (Å²) in [6, 6.07) is 7.40. The lowest BCUT2D eigenvalue weighted by atomic mass is 10.0. The van der Waals surface area contributed by atoms with Crippen LogP contribution in [0, 0.1) is 0 Å². The second-order valence-corrected chi connectivity index (χ2v) is 6.26. The molecule has 8 heteroatoms. The molecule has 8 nitrogen and oxygen atoms in total. The number of hydrogen-bond donors (Lipinski definition) is 1. The molecule has 140 valence electrons. The summed E-state index contributed by atoms with van der Waals surface area (Å²) in [6.45, 7) is 2.50. The van der Waals surface area contributed by atoms with Crippen molar-refractivity contribution in [2.45, 2.75) is 44.6 Å². The van der Waals surface area contributed by atoms with Crippen molar-refractivity contribution < 1.29 is 23.9 Å². The highest BCUT2D eigenvalue weighted by atomic mass is 16.6. The normalized spacial score (nSPS) is 16.9. The molecule has 3 rings (SSSR count). The van der Waals surface area contributed by atoms with Crippen molar-refractivity contribution in [3.63, 3.8) is 0 Å². The van der Waals surface area contributed by atoms with Crippen LogP contribution in [0.3, 0.4) is 0 Å². The number of hydrogen-bond acceptors (Lipinski definition) is 7. The summed E-state index contributed by atoms with van der Waals surface area (Å²) in [5.41, 5.74) is 0. The van der Waals surface area contributed by atoms with Gasteiger partial charge in [-0.15, -0.1) is 10.2 Å². The van der Waals surface area contributed by atoms with E-state index in [1.807, 2.05) is 24.3 Å². The number of rotatable bonds is 9. The summed E-state index contributed by atoms with van der Waals surface area (Å²) >= 11 is 0. The van der Waals surface area contributed by atoms with Gasteiger partial charge in [-0.3, -0.25) is 10.0 Å². The number of para-hydroxylation sites is 2. The molecule has 1 aromatic heterocycles. The van der Waals surface area contributed by atoms with E-state index in [2.05, 4.69) is 17.1 Å². The van der Waals surface area contributed by atoms with Gasteiger partial charge in [0, 0.05) is 0 Å². The fraction of sp³-hybridized carbons (Fsp3) is 0.500. The average Bonchev–Trinajstić information content (AvgIpc) is 3.17. The standard InChI is InChI=1S/C18H23N3O5/c1-2-3-4-7-13(10-21(23)12-22)17-19-20-18(26-17)16-11-24-14-8-5-6-9-15(14)25-16/h5-6,8-9,12-13,16,23H,2-4,7,10-11H2,1H3. The second kappa shape index (κ2) is 8.66. The van der Waals surface area contributed by atoms with Crippen LogP contribution in [0.5, 0.6) is 11.5 Å². The first kappa shape index (κ1) is 18.2. The highest BCUT2D eigenvalue weighted by molar-refractivity contribution is 5.44. The Morgan fingerprint density at radius 2 is 2.12 bits per heavy atom. The van der Waals surface area contributed by atoms with Crippen LogP contribution < -0.4 is 9.47 Å². The fourth-order valence-electron chi connectivity index (χ4n) is 2.89. The third-order valence-corrected chi connectivity index (χ3v) is 4.27. The van der Waals surface area contributed by atoms with Crippen molar-refractivity contribution in [1.82, 2.24) is 15.3 Å². The van der Waals surface area contributed by atoms with Gasteiger partial charge in [0.2, 0.25) is 18.4 Å². The number of amides is 1. The van der Waals surface area contributed by atoms with Crippen molar-refractivity contribution in [2.75, 3.05) is 13.2 Å². The van der Waals surface area contributed by atoms with E-state index >= 15 is 0 Å². The summed E-state index contributed by atoms with van der Waals surface area (Å²) < 4.78 is 17.3. The fourth-order valence-corrected chi connectivity index (χ4v) is 2.89. The SMILES string of the molecule is CCCCCC(CN(O)C=O)c1nnc(C2COc3ccccc3O2)o1. The first-order valence-electron chi connectivity index (χ1n) is 8.83. The van der Waals surface area contributed by atoms with E-state index in [9.17, 15) is 10.0 Å². The van der Waals surface area contributed by atoms with E-state index in [-0.39, 0.29) is 19.1 Å². The predicted octanol–water partition coefficient (Wildman–Crippen LogP) is 3.09. The van der Waals surface area contributed by atoms with Gasteiger partial charge in [0.1, 0.15) is 6.61 Å². The molecule has 0 radical (unpaired) electrons. The zero-order valence-electron chi connectivity index (χ0n) is 14.7. The van der Waals surface area contributed by atoms with Gasteiger partial charge in [-0.2, -0.15) is 0 Å². The lowest BCUT2D eigenvalue weighted by Gasteiger charge is -2.24. The Morgan fingerprint density at radius 3 is 2.88 bits per heavy atom. The molecule has 2 aromatic rings. The van der Waals surface area contributed by atoms with Crippen LogP contribution in [0.4, 0.5) is 0 Å². The monoisotopic (exact) mass is 361 g/mol. The highest BCUT2D eigenvalue weighted by Crippen LogP contribution is 2.36. The molecule has 0 saturated heterocycles. The summed E-state index contributed by atoms with van der Waals surface area (Å²) in [6.07, 6.45) is 3.70. The minimum Gasteiger partial charge on any atom is -0.485 e. The molecule has 2 heterocycles. The number of benzene rings is 1. The van der Waals surface area contributed by atoms with Crippen LogP contribution in [0.15, 0.2) is 28.7 Å². The summed E-state index contributed by atoms with van der Waals surface area (Å²) in [7, 11) is 0. The molecule has 2 atom stereocenters. The van der Waals surface area contributed by atoms with Crippen LogP contribution in [-0.2, 0) is 4.79 Å². The first-order valence-corrected chi connectivity index (χ1v) is 8.83. The first-order chi connectivity index (χ1) is 12.7. The molecular formula is C18H23N3O5. The van der Waals surface area contributed by atoms with Gasteiger partial charge in [0.25, 0.3) is 5.89 Å². The minimum atomic E-state index is -0.487. The van der Waals surface area contributed by atoms with Crippen molar-refractivity contribution in [2.24, 2.45) is 0 Å². The van der Waals surface area contributed by atoms with Crippen molar-refractivity contribution >= 4 is 6.41 Å². The Kier molecular flexibility index (Phi) is 6.06. The molecular weight excluding hydrogens is 338 g/mol. The summed E-state index contributed by atoms with van der Waals surface area (Å²) in [4.78, 5) is 10.7. The highest BCUT2D eigenvalue weighted by Gasteiger charge is 2.29. The maximum atomic E-state index is 10.7. The van der Waals surface area contributed by atoms with Crippen molar-refractivity contribution in [1.29, 1.82) is 0 Å². The van der Waals surface area contributed by atoms with Crippen LogP contribution in [0.25, 0.3) is 0 Å². The molecule has 26 heavy (non-hydrogen) atoms. The quantitative estimate of drug-likeness (QED) is 0.317. The second-order valence-electron chi connectivity index (χ2n) is 6.26. The third-order valence-electron chi connectivity index (χ3n) is 4.27. The Morgan fingerprint density at radius 1 is 1.31 bits per heavy atom. The van der Waals surface area contributed by atoms with E-state index in [0.717, 1.165) is 25.7 Å². The lowest BCUT2D eigenvalue weighted by molar-refractivity contribution is -0.151. The minimum absolute atomic E-state index is 0.111. The number of ether oxygens (including phenoxy) is 2. The molecule has 1 amide bonds. The van der Waals surface area contributed by atoms with Gasteiger partial charge in [0.15, 0.2) is 11.5 Å². The topological polar surface area (TPSA) is 97.9 Å². The molecule has 1 aliphatic rings. The molecule has 1 N–H and O–H groups in total. The number of aromatic nitrogens is 2. The third kappa shape index (κ3) is 4.32. The largest absolute Gasteiger partial charge is 0.485 e. The number of carbonyl (C=O) groups excluding carboxylic acids is 1. The maximum Gasteiger partial charge on any atom is 0.260 e. The van der Waals surface area contributed by atoms with Gasteiger partial charge in [-0.25, -0.2) is 5.06 Å².